The van der Waals surface area contributed by atoms with Crippen molar-refractivity contribution < 1.29 is 13.2 Å². The normalized spacial score (nSPS) is 26.5. The van der Waals surface area contributed by atoms with Gasteiger partial charge in [-0.15, -0.1) is 0 Å². The lowest BCUT2D eigenvalue weighted by Crippen LogP contribution is -2.46. The molecule has 2 aliphatic heterocycles. The second kappa shape index (κ2) is 6.75. The fraction of sp³-hybridized carbons (Fsp3) is 0.667. The Morgan fingerprint density at radius 2 is 2.00 bits per heavy atom. The minimum atomic E-state index is -3.40. The van der Waals surface area contributed by atoms with Gasteiger partial charge in [0.25, 0.3) is 0 Å². The van der Waals surface area contributed by atoms with Crippen LogP contribution < -0.4 is 0 Å². The minimum Gasteiger partial charge on any atom is -0.383 e. The molecule has 0 aliphatic carbocycles. The molecular formula is C18H28N2O3S. The molecule has 24 heavy (non-hydrogen) atoms. The molecule has 0 N–H and O–H groups in total. The molecule has 0 bridgehead atoms. The van der Waals surface area contributed by atoms with Crippen LogP contribution in [0.15, 0.2) is 29.2 Å². The molecule has 0 amide bonds. The van der Waals surface area contributed by atoms with E-state index < -0.39 is 15.6 Å². The molecule has 1 unspecified atom stereocenters. The maximum atomic E-state index is 13.2. The van der Waals surface area contributed by atoms with Crippen molar-refractivity contribution >= 4 is 10.0 Å². The van der Waals surface area contributed by atoms with Crippen molar-refractivity contribution in [1.29, 1.82) is 0 Å². The van der Waals surface area contributed by atoms with Gasteiger partial charge in [0.2, 0.25) is 10.0 Å². The van der Waals surface area contributed by atoms with Gasteiger partial charge in [0.1, 0.15) is 0 Å². The van der Waals surface area contributed by atoms with Gasteiger partial charge in [-0.2, -0.15) is 4.31 Å². The number of fused-ring (bicyclic) bond motifs is 2. The van der Waals surface area contributed by atoms with Crippen molar-refractivity contribution in [3.8, 4) is 0 Å². The molecule has 1 saturated heterocycles. The van der Waals surface area contributed by atoms with Crippen LogP contribution in [0.2, 0.25) is 0 Å². The lowest BCUT2D eigenvalue weighted by atomic mass is 9.88. The fourth-order valence-electron chi connectivity index (χ4n) is 3.97. The summed E-state index contributed by atoms with van der Waals surface area (Å²) in [4.78, 5) is 2.83. The first-order valence-electron chi connectivity index (χ1n) is 8.75. The lowest BCUT2D eigenvalue weighted by molar-refractivity contribution is 0.142. The predicted molar refractivity (Wildman–Crippen MR) is 94.4 cm³/mol. The molecule has 1 aromatic carbocycles. The summed E-state index contributed by atoms with van der Waals surface area (Å²) in [6, 6.07) is 7.55. The summed E-state index contributed by atoms with van der Waals surface area (Å²) in [5.41, 5.74) is 0.576. The average molecular weight is 353 g/mol. The number of nitrogens with zero attached hydrogens (tertiary/aromatic N) is 2. The first-order valence-corrected chi connectivity index (χ1v) is 10.2. The van der Waals surface area contributed by atoms with E-state index in [2.05, 4.69) is 18.7 Å². The van der Waals surface area contributed by atoms with Crippen LogP contribution in [-0.2, 0) is 20.3 Å². The van der Waals surface area contributed by atoms with Gasteiger partial charge in [-0.05, 0) is 30.4 Å². The second-order valence-corrected chi connectivity index (χ2v) is 9.14. The number of methoxy groups -OCH3 is 1. The molecule has 1 atom stereocenters. The van der Waals surface area contributed by atoms with Gasteiger partial charge in [0, 0.05) is 33.3 Å². The van der Waals surface area contributed by atoms with Crippen molar-refractivity contribution in [2.45, 2.75) is 37.1 Å². The van der Waals surface area contributed by atoms with Crippen LogP contribution in [0.3, 0.4) is 0 Å². The van der Waals surface area contributed by atoms with Gasteiger partial charge in [0.15, 0.2) is 0 Å². The van der Waals surface area contributed by atoms with Crippen molar-refractivity contribution in [2.24, 2.45) is 5.92 Å². The van der Waals surface area contributed by atoms with Crippen LogP contribution in [0.5, 0.6) is 0 Å². The highest BCUT2D eigenvalue weighted by molar-refractivity contribution is 7.89. The molecule has 0 aromatic heterocycles. The molecule has 1 aromatic rings. The molecule has 6 heteroatoms. The zero-order valence-corrected chi connectivity index (χ0v) is 15.7. The monoisotopic (exact) mass is 352 g/mol. The molecule has 134 valence electrons. The van der Waals surface area contributed by atoms with E-state index in [4.69, 9.17) is 4.74 Å². The van der Waals surface area contributed by atoms with Gasteiger partial charge in [-0.25, -0.2) is 8.42 Å². The quantitative estimate of drug-likeness (QED) is 0.788. The summed E-state index contributed by atoms with van der Waals surface area (Å²) in [5.74, 6) is 0.479. The first-order chi connectivity index (χ1) is 11.4. The highest BCUT2D eigenvalue weighted by Gasteiger charge is 2.56. The largest absolute Gasteiger partial charge is 0.383 e. The molecule has 1 fully saturated rings. The maximum absolute atomic E-state index is 13.2. The van der Waals surface area contributed by atoms with Crippen LogP contribution in [0.4, 0.5) is 0 Å². The summed E-state index contributed by atoms with van der Waals surface area (Å²) in [6.07, 6.45) is 1.73. The smallest absolute Gasteiger partial charge is 0.244 e. The third-order valence-corrected chi connectivity index (χ3v) is 7.31. The van der Waals surface area contributed by atoms with Crippen LogP contribution in [0.1, 0.15) is 32.3 Å². The molecule has 2 aliphatic rings. The second-order valence-electron chi connectivity index (χ2n) is 7.31. The van der Waals surface area contributed by atoms with Crippen LogP contribution in [0.25, 0.3) is 0 Å². The molecule has 3 rings (SSSR count). The summed E-state index contributed by atoms with van der Waals surface area (Å²) in [6.45, 7) is 8.06. The SMILES string of the molecule is COCCN1CCC2(C1)c1ccccc1S(=O)(=O)N2CCC(C)C. The summed E-state index contributed by atoms with van der Waals surface area (Å²) >= 11 is 0. The topological polar surface area (TPSA) is 49.9 Å². The van der Waals surface area contributed by atoms with Gasteiger partial charge in [-0.1, -0.05) is 32.0 Å². The van der Waals surface area contributed by atoms with E-state index in [1.165, 1.54) is 0 Å². The Bertz CT molecular complexity index is 689. The molecule has 2 heterocycles. The van der Waals surface area contributed by atoms with Gasteiger partial charge >= 0.3 is 0 Å². The fourth-order valence-corrected chi connectivity index (χ4v) is 6.05. The minimum absolute atomic E-state index is 0.405. The summed E-state index contributed by atoms with van der Waals surface area (Å²) in [5, 5.41) is 0. The Labute approximate surface area is 145 Å². The summed E-state index contributed by atoms with van der Waals surface area (Å²) < 4.78 is 33.3. The van der Waals surface area contributed by atoms with Gasteiger partial charge in [-0.3, -0.25) is 4.90 Å². The summed E-state index contributed by atoms with van der Waals surface area (Å²) in [7, 11) is -1.70. The predicted octanol–water partition coefficient (Wildman–Crippen LogP) is 2.28. The number of hydrogen-bond acceptors (Lipinski definition) is 4. The number of ether oxygens (including phenoxy) is 1. The third-order valence-electron chi connectivity index (χ3n) is 5.28. The van der Waals surface area contributed by atoms with E-state index in [1.807, 2.05) is 18.2 Å². The van der Waals surface area contributed by atoms with Crippen molar-refractivity contribution in [2.75, 3.05) is 39.9 Å². The van der Waals surface area contributed by atoms with E-state index in [9.17, 15) is 8.42 Å². The molecule has 0 radical (unpaired) electrons. The number of hydrogen-bond donors (Lipinski definition) is 0. The number of sulfonamides is 1. The first kappa shape index (κ1) is 17.9. The highest BCUT2D eigenvalue weighted by Crippen LogP contribution is 2.49. The van der Waals surface area contributed by atoms with Gasteiger partial charge < -0.3 is 4.74 Å². The Morgan fingerprint density at radius 3 is 2.71 bits per heavy atom. The Kier molecular flexibility index (Phi) is 5.02. The van der Waals surface area contributed by atoms with Crippen LogP contribution >= 0.6 is 0 Å². The van der Waals surface area contributed by atoms with E-state index >= 15 is 0 Å². The molecular weight excluding hydrogens is 324 g/mol. The van der Waals surface area contributed by atoms with Crippen molar-refractivity contribution in [1.82, 2.24) is 9.21 Å². The van der Waals surface area contributed by atoms with Crippen LogP contribution in [-0.4, -0.2) is 57.5 Å². The van der Waals surface area contributed by atoms with Crippen LogP contribution in [0, 0.1) is 5.92 Å². The maximum Gasteiger partial charge on any atom is 0.244 e. The zero-order valence-electron chi connectivity index (χ0n) is 14.9. The Morgan fingerprint density at radius 1 is 1.25 bits per heavy atom. The van der Waals surface area contributed by atoms with E-state index in [0.29, 0.717) is 24.0 Å². The zero-order chi connectivity index (χ0) is 17.4. The van der Waals surface area contributed by atoms with E-state index in [1.54, 1.807) is 17.5 Å². The lowest BCUT2D eigenvalue weighted by Gasteiger charge is -2.34. The number of rotatable bonds is 6. The Balaban J connectivity index is 1.97. The van der Waals surface area contributed by atoms with Crippen molar-refractivity contribution in [3.63, 3.8) is 0 Å². The highest BCUT2D eigenvalue weighted by atomic mass is 32.2. The van der Waals surface area contributed by atoms with E-state index in [0.717, 1.165) is 38.0 Å². The third kappa shape index (κ3) is 2.90. The van der Waals surface area contributed by atoms with E-state index in [-0.39, 0.29) is 0 Å². The number of likely N-dealkylation sites (tertiary alicyclic amines) is 1. The average Bonchev–Trinajstić information content (AvgIpc) is 3.04. The van der Waals surface area contributed by atoms with Crippen molar-refractivity contribution in [3.05, 3.63) is 29.8 Å². The molecule has 1 spiro atoms. The Hall–Kier alpha value is -0.950. The number of benzene rings is 1. The molecule has 5 nitrogen and oxygen atoms in total. The standard InChI is InChI=1S/C18H28N2O3S/c1-15(2)8-10-20-18(9-11-19(14-18)12-13-23-3)16-6-4-5-7-17(16)24(20,21)22/h4-7,15H,8-14H2,1-3H3. The molecule has 0 saturated carbocycles. The van der Waals surface area contributed by atoms with Gasteiger partial charge in [0.05, 0.1) is 17.0 Å².